The van der Waals surface area contributed by atoms with Crippen LogP contribution in [0.4, 0.5) is 0 Å². The fourth-order valence-electron chi connectivity index (χ4n) is 3.38. The minimum absolute atomic E-state index is 0.190. The van der Waals surface area contributed by atoms with Crippen LogP contribution in [0.25, 0.3) is 0 Å². The summed E-state index contributed by atoms with van der Waals surface area (Å²) in [7, 11) is 0. The van der Waals surface area contributed by atoms with E-state index in [0.717, 1.165) is 26.0 Å². The Morgan fingerprint density at radius 2 is 2.06 bits per heavy atom. The molecule has 106 valence electrons. The van der Waals surface area contributed by atoms with Crippen LogP contribution in [-0.2, 0) is 4.74 Å². The van der Waals surface area contributed by atoms with E-state index in [-0.39, 0.29) is 17.6 Å². The molecule has 0 radical (unpaired) electrons. The molecule has 0 aromatic heterocycles. The van der Waals surface area contributed by atoms with Crippen molar-refractivity contribution in [1.29, 1.82) is 0 Å². The summed E-state index contributed by atoms with van der Waals surface area (Å²) in [6.07, 6.45) is 8.37. The van der Waals surface area contributed by atoms with Gasteiger partial charge in [0.2, 0.25) is 0 Å². The number of hydrogen-bond acceptors (Lipinski definition) is 3. The summed E-state index contributed by atoms with van der Waals surface area (Å²) in [4.78, 5) is 0. The van der Waals surface area contributed by atoms with Gasteiger partial charge in [-0.3, -0.25) is 0 Å². The van der Waals surface area contributed by atoms with Crippen molar-refractivity contribution in [2.24, 2.45) is 5.41 Å². The molecule has 1 spiro atoms. The van der Waals surface area contributed by atoms with Crippen molar-refractivity contribution in [3.05, 3.63) is 0 Å². The maximum Gasteiger partial charge on any atom is 0.0697 e. The lowest BCUT2D eigenvalue weighted by Gasteiger charge is -2.39. The van der Waals surface area contributed by atoms with Crippen LogP contribution in [0.1, 0.15) is 58.8 Å². The molecule has 2 N–H and O–H groups in total. The zero-order valence-corrected chi connectivity index (χ0v) is 12.0. The second-order valence-corrected chi connectivity index (χ2v) is 6.95. The van der Waals surface area contributed by atoms with E-state index in [4.69, 9.17) is 9.84 Å². The summed E-state index contributed by atoms with van der Waals surface area (Å²) in [5.74, 6) is 0. The minimum atomic E-state index is 0.190. The van der Waals surface area contributed by atoms with E-state index in [2.05, 4.69) is 19.2 Å². The van der Waals surface area contributed by atoms with Gasteiger partial charge in [0.25, 0.3) is 0 Å². The van der Waals surface area contributed by atoms with E-state index >= 15 is 0 Å². The predicted octanol–water partition coefficient (Wildman–Crippen LogP) is 2.48. The molecule has 0 amide bonds. The van der Waals surface area contributed by atoms with Crippen LogP contribution in [-0.4, -0.2) is 36.5 Å². The van der Waals surface area contributed by atoms with Crippen LogP contribution < -0.4 is 5.32 Å². The molecule has 18 heavy (non-hydrogen) atoms. The van der Waals surface area contributed by atoms with Crippen LogP contribution in [0.5, 0.6) is 0 Å². The van der Waals surface area contributed by atoms with Gasteiger partial charge in [0.1, 0.15) is 0 Å². The summed E-state index contributed by atoms with van der Waals surface area (Å²) in [6.45, 7) is 6.64. The smallest absolute Gasteiger partial charge is 0.0697 e. The molecule has 1 heterocycles. The number of rotatable bonds is 5. The number of ether oxygens (including phenoxy) is 1. The Balaban J connectivity index is 1.79. The largest absolute Gasteiger partial charge is 0.396 e. The van der Waals surface area contributed by atoms with Gasteiger partial charge in [0.15, 0.2) is 0 Å². The van der Waals surface area contributed by atoms with Crippen LogP contribution in [0.2, 0.25) is 0 Å². The molecule has 1 aliphatic carbocycles. The molecular weight excluding hydrogens is 226 g/mol. The lowest BCUT2D eigenvalue weighted by Crippen LogP contribution is -2.47. The van der Waals surface area contributed by atoms with Gasteiger partial charge in [-0.05, 0) is 37.5 Å². The maximum absolute atomic E-state index is 9.06. The molecule has 1 atom stereocenters. The third kappa shape index (κ3) is 3.69. The Morgan fingerprint density at radius 3 is 2.72 bits per heavy atom. The molecule has 3 heteroatoms. The van der Waals surface area contributed by atoms with E-state index in [0.29, 0.717) is 6.04 Å². The van der Waals surface area contributed by atoms with Crippen molar-refractivity contribution in [3.63, 3.8) is 0 Å². The van der Waals surface area contributed by atoms with Crippen LogP contribution in [0, 0.1) is 5.41 Å². The maximum atomic E-state index is 9.06. The Bertz CT molecular complexity index is 259. The number of aliphatic hydroxyl groups is 1. The molecule has 3 nitrogen and oxygen atoms in total. The monoisotopic (exact) mass is 255 g/mol. The molecule has 0 bridgehead atoms. The van der Waals surface area contributed by atoms with Crippen LogP contribution in [0.3, 0.4) is 0 Å². The van der Waals surface area contributed by atoms with E-state index < -0.39 is 0 Å². The Morgan fingerprint density at radius 1 is 1.33 bits per heavy atom. The molecule has 1 saturated heterocycles. The highest BCUT2D eigenvalue weighted by molar-refractivity contribution is 4.93. The van der Waals surface area contributed by atoms with Crippen molar-refractivity contribution >= 4 is 0 Å². The van der Waals surface area contributed by atoms with Gasteiger partial charge in [-0.2, -0.15) is 0 Å². The van der Waals surface area contributed by atoms with E-state index in [1.165, 1.54) is 32.1 Å². The molecule has 0 aromatic rings. The van der Waals surface area contributed by atoms with Crippen molar-refractivity contribution in [1.82, 2.24) is 5.32 Å². The molecule has 2 fully saturated rings. The van der Waals surface area contributed by atoms with E-state index in [1.807, 2.05) is 0 Å². The molecule has 2 rings (SSSR count). The number of hydrogen-bond donors (Lipinski definition) is 2. The first kappa shape index (κ1) is 14.3. The lowest BCUT2D eigenvalue weighted by molar-refractivity contribution is -0.0844. The summed E-state index contributed by atoms with van der Waals surface area (Å²) in [5, 5.41) is 12.8. The molecule has 0 aromatic carbocycles. The van der Waals surface area contributed by atoms with Crippen molar-refractivity contribution in [2.75, 3.05) is 19.8 Å². The molecule has 2 aliphatic rings. The standard InChI is InChI=1S/C15H29NO2/c1-14(2,8-9-17)12-16-13-5-10-18-15(11-13)6-3-4-7-15/h13,16-17H,3-12H2,1-2H3. The fraction of sp³-hybridized carbons (Fsp3) is 1.00. The highest BCUT2D eigenvalue weighted by atomic mass is 16.5. The molecule has 1 saturated carbocycles. The average molecular weight is 255 g/mol. The summed E-state index contributed by atoms with van der Waals surface area (Å²) >= 11 is 0. The highest BCUT2D eigenvalue weighted by Crippen LogP contribution is 2.40. The van der Waals surface area contributed by atoms with Gasteiger partial charge in [0, 0.05) is 25.8 Å². The fourth-order valence-corrected chi connectivity index (χ4v) is 3.38. The van der Waals surface area contributed by atoms with Crippen molar-refractivity contribution in [3.8, 4) is 0 Å². The van der Waals surface area contributed by atoms with Crippen molar-refractivity contribution in [2.45, 2.75) is 70.4 Å². The molecular formula is C15H29NO2. The molecule has 1 unspecified atom stereocenters. The van der Waals surface area contributed by atoms with Crippen LogP contribution >= 0.6 is 0 Å². The van der Waals surface area contributed by atoms with Gasteiger partial charge in [-0.15, -0.1) is 0 Å². The van der Waals surface area contributed by atoms with Gasteiger partial charge in [0.05, 0.1) is 5.60 Å². The first-order valence-corrected chi connectivity index (χ1v) is 7.54. The zero-order chi connectivity index (χ0) is 13.1. The first-order valence-electron chi connectivity index (χ1n) is 7.54. The second-order valence-electron chi connectivity index (χ2n) is 6.95. The topological polar surface area (TPSA) is 41.5 Å². The third-order valence-electron chi connectivity index (χ3n) is 4.67. The normalized spacial score (nSPS) is 27.8. The van der Waals surface area contributed by atoms with Crippen LogP contribution in [0.15, 0.2) is 0 Å². The minimum Gasteiger partial charge on any atom is -0.396 e. The Kier molecular flexibility index (Phi) is 4.68. The average Bonchev–Trinajstić information content (AvgIpc) is 2.75. The summed E-state index contributed by atoms with van der Waals surface area (Å²) in [5.41, 5.74) is 0.396. The number of nitrogens with one attached hydrogen (secondary N) is 1. The van der Waals surface area contributed by atoms with Gasteiger partial charge in [-0.25, -0.2) is 0 Å². The van der Waals surface area contributed by atoms with E-state index in [9.17, 15) is 0 Å². The van der Waals surface area contributed by atoms with Gasteiger partial charge in [-0.1, -0.05) is 26.7 Å². The Labute approximate surface area is 111 Å². The SMILES string of the molecule is CC(C)(CCO)CNC1CCOC2(CCCC2)C1. The lowest BCUT2D eigenvalue weighted by atomic mass is 9.86. The summed E-state index contributed by atoms with van der Waals surface area (Å²) < 4.78 is 6.06. The zero-order valence-electron chi connectivity index (χ0n) is 12.0. The third-order valence-corrected chi connectivity index (χ3v) is 4.67. The quantitative estimate of drug-likeness (QED) is 0.793. The Hall–Kier alpha value is -0.120. The van der Waals surface area contributed by atoms with Gasteiger partial charge >= 0.3 is 0 Å². The van der Waals surface area contributed by atoms with E-state index in [1.54, 1.807) is 0 Å². The van der Waals surface area contributed by atoms with Gasteiger partial charge < -0.3 is 15.2 Å². The first-order chi connectivity index (χ1) is 8.55. The summed E-state index contributed by atoms with van der Waals surface area (Å²) in [6, 6.07) is 0.606. The van der Waals surface area contributed by atoms with Crippen molar-refractivity contribution < 1.29 is 9.84 Å². The predicted molar refractivity (Wildman–Crippen MR) is 73.7 cm³/mol. The second kappa shape index (κ2) is 5.89. The number of aliphatic hydroxyl groups excluding tert-OH is 1. The molecule has 1 aliphatic heterocycles. The highest BCUT2D eigenvalue weighted by Gasteiger charge is 2.39.